The van der Waals surface area contributed by atoms with Gasteiger partial charge in [0.2, 0.25) is 5.91 Å². The van der Waals surface area contributed by atoms with Gasteiger partial charge in [0.25, 0.3) is 0 Å². The molecule has 0 aliphatic carbocycles. The Morgan fingerprint density at radius 1 is 1.11 bits per heavy atom. The summed E-state index contributed by atoms with van der Waals surface area (Å²) in [6, 6.07) is 18.9. The Hall–Kier alpha value is -2.85. The van der Waals surface area contributed by atoms with E-state index in [9.17, 15) is 4.79 Å². The number of pyridine rings is 1. The van der Waals surface area contributed by atoms with Crippen molar-refractivity contribution in [1.29, 1.82) is 0 Å². The normalized spacial score (nSPS) is 11.6. The van der Waals surface area contributed by atoms with Gasteiger partial charge in [0.15, 0.2) is 0 Å². The largest absolute Gasteiger partial charge is 0.489 e. The maximum Gasteiger partial charge on any atom is 0.224 e. The third-order valence-corrected chi connectivity index (χ3v) is 4.56. The van der Waals surface area contributed by atoms with Crippen LogP contribution in [0.4, 0.5) is 0 Å². The predicted octanol–water partition coefficient (Wildman–Crippen LogP) is 4.73. The number of carbonyl (C=O) groups excluding carboxylic acids is 1. The number of hydrogen-bond acceptors (Lipinski definition) is 3. The average Bonchev–Trinajstić information content (AvgIpc) is 2.69. The van der Waals surface area contributed by atoms with E-state index in [2.05, 4.69) is 10.3 Å². The molecule has 3 rings (SSSR count). The lowest BCUT2D eigenvalue weighted by molar-refractivity contribution is -0.121. The molecule has 0 saturated carbocycles. The minimum atomic E-state index is -0.104. The zero-order valence-corrected chi connectivity index (χ0v) is 15.8. The first-order chi connectivity index (χ1) is 13.1. The standard InChI is InChI=1S/C22H21ClN2O2/c1-16(25-22(26)13-19-6-2-3-7-21(19)23)18-8-10-20(11-9-18)27-15-17-5-4-12-24-14-17/h2-12,14,16H,13,15H2,1H3,(H,25,26). The molecular weight excluding hydrogens is 360 g/mol. The van der Waals surface area contributed by atoms with Crippen LogP contribution in [0.5, 0.6) is 5.75 Å². The van der Waals surface area contributed by atoms with Gasteiger partial charge in [0, 0.05) is 23.0 Å². The van der Waals surface area contributed by atoms with Crippen molar-refractivity contribution in [2.24, 2.45) is 0 Å². The maximum absolute atomic E-state index is 12.3. The van der Waals surface area contributed by atoms with Crippen molar-refractivity contribution < 1.29 is 9.53 Å². The molecule has 1 N–H and O–H groups in total. The van der Waals surface area contributed by atoms with E-state index in [0.717, 1.165) is 22.4 Å². The highest BCUT2D eigenvalue weighted by Crippen LogP contribution is 2.20. The molecule has 0 saturated heterocycles. The van der Waals surface area contributed by atoms with E-state index >= 15 is 0 Å². The molecule has 0 aliphatic rings. The molecule has 1 aromatic heterocycles. The van der Waals surface area contributed by atoms with Gasteiger partial charge in [-0.25, -0.2) is 0 Å². The van der Waals surface area contributed by atoms with E-state index in [0.29, 0.717) is 11.6 Å². The highest BCUT2D eigenvalue weighted by atomic mass is 35.5. The molecule has 1 atom stereocenters. The molecule has 0 bridgehead atoms. The molecule has 4 nitrogen and oxygen atoms in total. The van der Waals surface area contributed by atoms with Crippen LogP contribution in [0, 0.1) is 0 Å². The van der Waals surface area contributed by atoms with Crippen LogP contribution < -0.4 is 10.1 Å². The van der Waals surface area contributed by atoms with E-state index in [1.807, 2.05) is 61.5 Å². The van der Waals surface area contributed by atoms with Gasteiger partial charge < -0.3 is 10.1 Å². The Kier molecular flexibility index (Phi) is 6.44. The van der Waals surface area contributed by atoms with E-state index < -0.39 is 0 Å². The summed E-state index contributed by atoms with van der Waals surface area (Å²) in [5.74, 6) is 0.713. The first kappa shape index (κ1) is 18.9. The van der Waals surface area contributed by atoms with Crippen molar-refractivity contribution in [3.8, 4) is 5.75 Å². The fourth-order valence-corrected chi connectivity index (χ4v) is 2.90. The number of benzene rings is 2. The first-order valence-corrected chi connectivity index (χ1v) is 9.14. The summed E-state index contributed by atoms with van der Waals surface area (Å²) in [4.78, 5) is 16.3. The first-order valence-electron chi connectivity index (χ1n) is 8.76. The van der Waals surface area contributed by atoms with Crippen molar-refractivity contribution in [1.82, 2.24) is 10.3 Å². The monoisotopic (exact) mass is 380 g/mol. The summed E-state index contributed by atoms with van der Waals surface area (Å²) in [6.45, 7) is 2.42. The predicted molar refractivity (Wildman–Crippen MR) is 107 cm³/mol. The van der Waals surface area contributed by atoms with Crippen LogP contribution in [-0.2, 0) is 17.8 Å². The van der Waals surface area contributed by atoms with Gasteiger partial charge >= 0.3 is 0 Å². The smallest absolute Gasteiger partial charge is 0.224 e. The lowest BCUT2D eigenvalue weighted by Gasteiger charge is -2.15. The van der Waals surface area contributed by atoms with Crippen LogP contribution in [0.3, 0.4) is 0 Å². The van der Waals surface area contributed by atoms with E-state index in [1.165, 1.54) is 0 Å². The fourth-order valence-electron chi connectivity index (χ4n) is 2.69. The number of rotatable bonds is 7. The quantitative estimate of drug-likeness (QED) is 0.644. The molecule has 138 valence electrons. The summed E-state index contributed by atoms with van der Waals surface area (Å²) in [7, 11) is 0. The summed E-state index contributed by atoms with van der Waals surface area (Å²) >= 11 is 6.12. The second-order valence-corrected chi connectivity index (χ2v) is 6.68. The second-order valence-electron chi connectivity index (χ2n) is 6.28. The molecule has 27 heavy (non-hydrogen) atoms. The molecule has 1 amide bonds. The Labute approximate surface area is 164 Å². The van der Waals surface area contributed by atoms with Gasteiger partial charge in [-0.15, -0.1) is 0 Å². The van der Waals surface area contributed by atoms with Gasteiger partial charge in [-0.1, -0.05) is 48.0 Å². The zero-order valence-electron chi connectivity index (χ0n) is 15.1. The van der Waals surface area contributed by atoms with Crippen LogP contribution in [0.2, 0.25) is 5.02 Å². The molecule has 0 spiro atoms. The van der Waals surface area contributed by atoms with Crippen molar-refractivity contribution in [3.63, 3.8) is 0 Å². The van der Waals surface area contributed by atoms with Crippen molar-refractivity contribution in [2.45, 2.75) is 26.0 Å². The summed E-state index contributed by atoms with van der Waals surface area (Å²) in [6.07, 6.45) is 3.78. The molecule has 1 unspecified atom stereocenters. The summed E-state index contributed by atoms with van der Waals surface area (Å²) in [5, 5.41) is 3.61. The highest BCUT2D eigenvalue weighted by molar-refractivity contribution is 6.31. The number of amides is 1. The van der Waals surface area contributed by atoms with Crippen molar-refractivity contribution in [3.05, 3.63) is 94.8 Å². The summed E-state index contributed by atoms with van der Waals surface area (Å²) < 4.78 is 5.76. The molecule has 2 aromatic carbocycles. The molecule has 0 aliphatic heterocycles. The number of ether oxygens (including phenoxy) is 1. The molecule has 0 fully saturated rings. The Morgan fingerprint density at radius 3 is 2.59 bits per heavy atom. The molecule has 1 heterocycles. The van der Waals surface area contributed by atoms with Crippen molar-refractivity contribution >= 4 is 17.5 Å². The lowest BCUT2D eigenvalue weighted by atomic mass is 10.1. The molecule has 3 aromatic rings. The maximum atomic E-state index is 12.3. The third-order valence-electron chi connectivity index (χ3n) is 4.19. The van der Waals surface area contributed by atoms with Crippen molar-refractivity contribution in [2.75, 3.05) is 0 Å². The van der Waals surface area contributed by atoms with Crippen LogP contribution in [-0.4, -0.2) is 10.9 Å². The number of halogens is 1. The minimum absolute atomic E-state index is 0.0625. The van der Waals surface area contributed by atoms with Gasteiger partial charge in [-0.2, -0.15) is 0 Å². The van der Waals surface area contributed by atoms with Crippen LogP contribution >= 0.6 is 11.6 Å². The Morgan fingerprint density at radius 2 is 1.89 bits per heavy atom. The van der Waals surface area contributed by atoms with E-state index in [1.54, 1.807) is 18.5 Å². The van der Waals surface area contributed by atoms with Gasteiger partial charge in [-0.05, 0) is 42.3 Å². The molecular formula is C22H21ClN2O2. The topological polar surface area (TPSA) is 51.2 Å². The zero-order chi connectivity index (χ0) is 19.1. The number of hydrogen-bond donors (Lipinski definition) is 1. The summed E-state index contributed by atoms with van der Waals surface area (Å²) in [5.41, 5.74) is 2.85. The Balaban J connectivity index is 1.53. The fraction of sp³-hybridized carbons (Fsp3) is 0.182. The van der Waals surface area contributed by atoms with Crippen LogP contribution in [0.25, 0.3) is 0 Å². The van der Waals surface area contributed by atoms with Crippen LogP contribution in [0.15, 0.2) is 73.1 Å². The Bertz CT molecular complexity index is 882. The SMILES string of the molecule is CC(NC(=O)Cc1ccccc1Cl)c1ccc(OCc2cccnc2)cc1. The number of aromatic nitrogens is 1. The van der Waals surface area contributed by atoms with E-state index in [-0.39, 0.29) is 18.4 Å². The lowest BCUT2D eigenvalue weighted by Crippen LogP contribution is -2.28. The van der Waals surface area contributed by atoms with Gasteiger partial charge in [0.1, 0.15) is 12.4 Å². The number of carbonyl (C=O) groups is 1. The average molecular weight is 381 g/mol. The third kappa shape index (κ3) is 5.56. The van der Waals surface area contributed by atoms with Gasteiger partial charge in [-0.3, -0.25) is 9.78 Å². The van der Waals surface area contributed by atoms with E-state index in [4.69, 9.17) is 16.3 Å². The van der Waals surface area contributed by atoms with Crippen LogP contribution in [0.1, 0.15) is 29.7 Å². The second kappa shape index (κ2) is 9.19. The highest BCUT2D eigenvalue weighted by Gasteiger charge is 2.11. The molecule has 5 heteroatoms. The minimum Gasteiger partial charge on any atom is -0.489 e. The van der Waals surface area contributed by atoms with Gasteiger partial charge in [0.05, 0.1) is 12.5 Å². The molecule has 0 radical (unpaired) electrons. The number of nitrogens with one attached hydrogen (secondary N) is 1. The number of nitrogens with zero attached hydrogens (tertiary/aromatic N) is 1.